The third kappa shape index (κ3) is 3.64. The van der Waals surface area contributed by atoms with Gasteiger partial charge in [-0.3, -0.25) is 14.9 Å². The van der Waals surface area contributed by atoms with Crippen molar-refractivity contribution in [3.8, 4) is 0 Å². The SMILES string of the molecule is CCN(CC)C(=O)[C@H]1CCCN1c1ncc([N+](=O)[O-])c(NC2CC2)n1. The van der Waals surface area contributed by atoms with Gasteiger partial charge in [-0.15, -0.1) is 0 Å². The van der Waals surface area contributed by atoms with Gasteiger partial charge in [-0.1, -0.05) is 0 Å². The highest BCUT2D eigenvalue weighted by Crippen LogP contribution is 2.32. The van der Waals surface area contributed by atoms with Gasteiger partial charge in [-0.05, 0) is 39.5 Å². The maximum absolute atomic E-state index is 12.7. The van der Waals surface area contributed by atoms with Crippen LogP contribution >= 0.6 is 0 Å². The van der Waals surface area contributed by atoms with Gasteiger partial charge in [0, 0.05) is 25.7 Å². The molecule has 1 aliphatic carbocycles. The van der Waals surface area contributed by atoms with Gasteiger partial charge in [0.1, 0.15) is 12.2 Å². The number of rotatable bonds is 7. The first-order valence-corrected chi connectivity index (χ1v) is 8.88. The van der Waals surface area contributed by atoms with Crippen LogP contribution in [0.25, 0.3) is 0 Å². The normalized spacial score (nSPS) is 19.8. The van der Waals surface area contributed by atoms with Crippen molar-refractivity contribution in [3.05, 3.63) is 16.3 Å². The van der Waals surface area contributed by atoms with E-state index in [1.54, 1.807) is 4.90 Å². The van der Waals surface area contributed by atoms with Crippen molar-refractivity contribution < 1.29 is 9.72 Å². The molecule has 9 heteroatoms. The summed E-state index contributed by atoms with van der Waals surface area (Å²) < 4.78 is 0. The molecule has 0 bridgehead atoms. The highest BCUT2D eigenvalue weighted by atomic mass is 16.6. The summed E-state index contributed by atoms with van der Waals surface area (Å²) in [5, 5.41) is 14.3. The number of hydrogen-bond donors (Lipinski definition) is 1. The molecule has 2 heterocycles. The molecule has 0 aromatic carbocycles. The number of carbonyl (C=O) groups excluding carboxylic acids is 1. The third-order valence-corrected chi connectivity index (χ3v) is 4.74. The Kier molecular flexibility index (Phi) is 5.00. The number of aromatic nitrogens is 2. The van der Waals surface area contributed by atoms with E-state index in [9.17, 15) is 14.9 Å². The number of amides is 1. The summed E-state index contributed by atoms with van der Waals surface area (Å²) in [6, 6.07) is -0.0525. The van der Waals surface area contributed by atoms with Crippen molar-refractivity contribution >= 4 is 23.4 Å². The summed E-state index contributed by atoms with van der Waals surface area (Å²) in [6.07, 6.45) is 4.85. The van der Waals surface area contributed by atoms with Gasteiger partial charge < -0.3 is 15.1 Å². The van der Waals surface area contributed by atoms with E-state index in [2.05, 4.69) is 15.3 Å². The summed E-state index contributed by atoms with van der Waals surface area (Å²) in [5.41, 5.74) is -0.124. The summed E-state index contributed by atoms with van der Waals surface area (Å²) in [4.78, 5) is 35.7. The highest BCUT2D eigenvalue weighted by molar-refractivity contribution is 5.85. The maximum atomic E-state index is 12.7. The number of hydrogen-bond acceptors (Lipinski definition) is 7. The van der Waals surface area contributed by atoms with Crippen LogP contribution < -0.4 is 10.2 Å². The Morgan fingerprint density at radius 1 is 1.40 bits per heavy atom. The predicted octanol–water partition coefficient (Wildman–Crippen LogP) is 1.80. The quantitative estimate of drug-likeness (QED) is 0.591. The number of carbonyl (C=O) groups is 1. The standard InChI is InChI=1S/C16H24N6O3/c1-3-20(4-2)15(23)12-6-5-9-21(12)16-17-10-13(22(24)25)14(19-16)18-11-7-8-11/h10-12H,3-9H2,1-2H3,(H,17,18,19)/t12-/m1/s1. The number of anilines is 2. The molecule has 3 rings (SSSR count). The molecule has 1 saturated carbocycles. The minimum Gasteiger partial charge on any atom is -0.361 e. The molecular formula is C16H24N6O3. The minimum atomic E-state index is -0.475. The van der Waals surface area contributed by atoms with Gasteiger partial charge >= 0.3 is 5.69 Å². The molecule has 1 aromatic heterocycles. The van der Waals surface area contributed by atoms with Crippen molar-refractivity contribution in [2.45, 2.75) is 51.6 Å². The Bertz CT molecular complexity index is 659. The van der Waals surface area contributed by atoms with E-state index >= 15 is 0 Å². The van der Waals surface area contributed by atoms with Crippen LogP contribution in [0.2, 0.25) is 0 Å². The molecule has 1 aromatic rings. The van der Waals surface area contributed by atoms with Crippen molar-refractivity contribution in [3.63, 3.8) is 0 Å². The molecule has 25 heavy (non-hydrogen) atoms. The first-order valence-electron chi connectivity index (χ1n) is 8.88. The highest BCUT2D eigenvalue weighted by Gasteiger charge is 2.35. The van der Waals surface area contributed by atoms with E-state index in [1.165, 1.54) is 6.20 Å². The smallest absolute Gasteiger partial charge is 0.329 e. The zero-order valence-corrected chi connectivity index (χ0v) is 14.6. The number of likely N-dealkylation sites (N-methyl/N-ethyl adjacent to an activating group) is 1. The van der Waals surface area contributed by atoms with E-state index < -0.39 is 4.92 Å². The Labute approximate surface area is 146 Å². The number of nitrogens with one attached hydrogen (secondary N) is 1. The average molecular weight is 348 g/mol. The van der Waals surface area contributed by atoms with Crippen LogP contribution in [0.15, 0.2) is 6.20 Å². The molecule has 9 nitrogen and oxygen atoms in total. The molecule has 0 spiro atoms. The molecule has 1 amide bonds. The lowest BCUT2D eigenvalue weighted by Gasteiger charge is -2.29. The van der Waals surface area contributed by atoms with Crippen LogP contribution in [-0.2, 0) is 4.79 Å². The summed E-state index contributed by atoms with van der Waals surface area (Å²) in [7, 11) is 0. The Morgan fingerprint density at radius 3 is 2.72 bits per heavy atom. The van der Waals surface area contributed by atoms with Crippen molar-refractivity contribution in [2.75, 3.05) is 29.9 Å². The second-order valence-corrected chi connectivity index (χ2v) is 6.44. The molecule has 1 saturated heterocycles. The van der Waals surface area contributed by atoms with Gasteiger partial charge in [-0.2, -0.15) is 4.98 Å². The van der Waals surface area contributed by atoms with Gasteiger partial charge in [0.15, 0.2) is 0 Å². The lowest BCUT2D eigenvalue weighted by atomic mass is 10.2. The maximum Gasteiger partial charge on any atom is 0.329 e. The largest absolute Gasteiger partial charge is 0.361 e. The van der Waals surface area contributed by atoms with Crippen LogP contribution in [0.5, 0.6) is 0 Å². The van der Waals surface area contributed by atoms with E-state index in [0.29, 0.717) is 25.6 Å². The molecular weight excluding hydrogens is 324 g/mol. The van der Waals surface area contributed by atoms with Gasteiger partial charge in [-0.25, -0.2) is 4.98 Å². The monoisotopic (exact) mass is 348 g/mol. The second-order valence-electron chi connectivity index (χ2n) is 6.44. The molecule has 2 aliphatic rings. The van der Waals surface area contributed by atoms with Gasteiger partial charge in [0.25, 0.3) is 0 Å². The predicted molar refractivity (Wildman–Crippen MR) is 93.6 cm³/mol. The fourth-order valence-corrected chi connectivity index (χ4v) is 3.17. The van der Waals surface area contributed by atoms with E-state index in [1.807, 2.05) is 18.7 Å². The topological polar surface area (TPSA) is 104 Å². The summed E-state index contributed by atoms with van der Waals surface area (Å²) in [5.74, 6) is 0.705. The number of nitro groups is 1. The van der Waals surface area contributed by atoms with Crippen LogP contribution in [0.4, 0.5) is 17.5 Å². The Balaban J connectivity index is 1.86. The second kappa shape index (κ2) is 7.20. The molecule has 1 N–H and O–H groups in total. The van der Waals surface area contributed by atoms with E-state index in [4.69, 9.17) is 0 Å². The van der Waals surface area contributed by atoms with E-state index in [0.717, 1.165) is 25.7 Å². The summed E-state index contributed by atoms with van der Waals surface area (Å²) >= 11 is 0. The number of nitrogens with zero attached hydrogens (tertiary/aromatic N) is 5. The van der Waals surface area contributed by atoms with Crippen molar-refractivity contribution in [1.29, 1.82) is 0 Å². The van der Waals surface area contributed by atoms with E-state index in [-0.39, 0.29) is 29.5 Å². The Morgan fingerprint density at radius 2 is 2.12 bits per heavy atom. The van der Waals surface area contributed by atoms with Crippen LogP contribution in [0.1, 0.15) is 39.5 Å². The Hall–Kier alpha value is -2.45. The van der Waals surface area contributed by atoms with Crippen LogP contribution in [0.3, 0.4) is 0 Å². The van der Waals surface area contributed by atoms with Crippen LogP contribution in [0, 0.1) is 10.1 Å². The third-order valence-electron chi connectivity index (χ3n) is 4.74. The van der Waals surface area contributed by atoms with Gasteiger partial charge in [0.05, 0.1) is 4.92 Å². The molecule has 1 atom stereocenters. The first kappa shape index (κ1) is 17.4. The zero-order valence-electron chi connectivity index (χ0n) is 14.6. The lowest BCUT2D eigenvalue weighted by molar-refractivity contribution is -0.384. The minimum absolute atomic E-state index is 0.0705. The van der Waals surface area contributed by atoms with Crippen LogP contribution in [-0.4, -0.2) is 57.4 Å². The molecule has 2 fully saturated rings. The molecule has 0 unspecified atom stereocenters. The van der Waals surface area contributed by atoms with Crippen molar-refractivity contribution in [2.24, 2.45) is 0 Å². The molecule has 0 radical (unpaired) electrons. The van der Waals surface area contributed by atoms with Gasteiger partial charge in [0.2, 0.25) is 17.7 Å². The lowest BCUT2D eigenvalue weighted by Crippen LogP contribution is -2.46. The van der Waals surface area contributed by atoms with Crippen molar-refractivity contribution in [1.82, 2.24) is 14.9 Å². The zero-order chi connectivity index (χ0) is 18.0. The summed E-state index contributed by atoms with van der Waals surface area (Å²) in [6.45, 7) is 5.92. The fourth-order valence-electron chi connectivity index (χ4n) is 3.17. The first-order chi connectivity index (χ1) is 12.0. The molecule has 136 valence electrons. The average Bonchev–Trinajstić information content (AvgIpc) is 3.27. The molecule has 1 aliphatic heterocycles. The fraction of sp³-hybridized carbons (Fsp3) is 0.688.